The number of halogens is 4. The Hall–Kier alpha value is -1.56. The highest BCUT2D eigenvalue weighted by Gasteiger charge is 2.35. The Morgan fingerprint density at radius 3 is 2.45 bits per heavy atom. The molecule has 1 rings (SSSR count). The maximum absolute atomic E-state index is 12.9. The highest BCUT2D eigenvalue weighted by molar-refractivity contribution is 6.19. The Morgan fingerprint density at radius 2 is 1.95 bits per heavy atom. The fraction of sp³-hybridized carbons (Fsp3) is 0.385. The highest BCUT2D eigenvalue weighted by atomic mass is 35.5. The van der Waals surface area contributed by atoms with Gasteiger partial charge in [0.05, 0.1) is 17.7 Å². The van der Waals surface area contributed by atoms with Crippen molar-refractivity contribution >= 4 is 23.4 Å². The van der Waals surface area contributed by atoms with Crippen LogP contribution in [0.25, 0.3) is 0 Å². The van der Waals surface area contributed by atoms with Gasteiger partial charge in [-0.3, -0.25) is 4.79 Å². The van der Waals surface area contributed by atoms with E-state index in [2.05, 4.69) is 4.74 Å². The molecule has 3 nitrogen and oxygen atoms in total. The molecule has 0 atom stereocenters. The van der Waals surface area contributed by atoms with E-state index in [1.807, 2.05) is 0 Å². The molecule has 1 aromatic carbocycles. The van der Waals surface area contributed by atoms with Gasteiger partial charge in [0.15, 0.2) is 5.78 Å². The van der Waals surface area contributed by atoms with Crippen molar-refractivity contribution in [1.82, 2.24) is 0 Å². The van der Waals surface area contributed by atoms with Gasteiger partial charge >= 0.3 is 12.1 Å². The molecule has 0 aliphatic carbocycles. The monoisotopic (exact) mass is 308 g/mol. The molecule has 0 aliphatic heterocycles. The van der Waals surface area contributed by atoms with E-state index in [1.54, 1.807) is 6.92 Å². The van der Waals surface area contributed by atoms with E-state index in [4.69, 9.17) is 11.6 Å². The number of benzene rings is 1. The van der Waals surface area contributed by atoms with Crippen molar-refractivity contribution in [2.45, 2.75) is 19.5 Å². The van der Waals surface area contributed by atoms with E-state index in [0.717, 1.165) is 12.1 Å². The average Bonchev–Trinajstić information content (AvgIpc) is 2.37. The van der Waals surface area contributed by atoms with Crippen LogP contribution in [0.15, 0.2) is 18.2 Å². The van der Waals surface area contributed by atoms with Crippen LogP contribution in [0.1, 0.15) is 39.6 Å². The van der Waals surface area contributed by atoms with Crippen LogP contribution in [0.4, 0.5) is 13.2 Å². The quantitative estimate of drug-likeness (QED) is 0.473. The summed E-state index contributed by atoms with van der Waals surface area (Å²) in [4.78, 5) is 23.1. The molecular formula is C13H12ClF3O3. The Bertz CT molecular complexity index is 512. The van der Waals surface area contributed by atoms with E-state index in [9.17, 15) is 22.8 Å². The zero-order valence-electron chi connectivity index (χ0n) is 10.6. The lowest BCUT2D eigenvalue weighted by Crippen LogP contribution is -2.15. The van der Waals surface area contributed by atoms with Crippen LogP contribution in [0.3, 0.4) is 0 Å². The van der Waals surface area contributed by atoms with Crippen LogP contribution in [0.2, 0.25) is 0 Å². The lowest BCUT2D eigenvalue weighted by Gasteiger charge is -2.13. The highest BCUT2D eigenvalue weighted by Crippen LogP contribution is 2.33. The van der Waals surface area contributed by atoms with Crippen molar-refractivity contribution in [2.75, 3.05) is 12.5 Å². The second kappa shape index (κ2) is 6.74. The molecule has 7 heteroatoms. The molecule has 0 saturated carbocycles. The molecule has 0 spiro atoms. The predicted molar refractivity (Wildman–Crippen MR) is 67.1 cm³/mol. The molecule has 1 aromatic rings. The number of hydrogen-bond donors (Lipinski definition) is 0. The van der Waals surface area contributed by atoms with E-state index in [0.29, 0.717) is 6.07 Å². The van der Waals surface area contributed by atoms with Gasteiger partial charge in [0.25, 0.3) is 0 Å². The molecule has 0 fully saturated rings. The fourth-order valence-corrected chi connectivity index (χ4v) is 1.76. The van der Waals surface area contributed by atoms with Gasteiger partial charge < -0.3 is 4.74 Å². The van der Waals surface area contributed by atoms with E-state index < -0.39 is 29.1 Å². The minimum Gasteiger partial charge on any atom is -0.462 e. The number of carbonyl (C=O) groups excluding carboxylic acids is 2. The first-order valence-corrected chi connectivity index (χ1v) is 6.32. The number of carbonyl (C=O) groups is 2. The van der Waals surface area contributed by atoms with Crippen molar-refractivity contribution < 1.29 is 27.5 Å². The SMILES string of the molecule is CCOC(=O)c1ccc(C(=O)CCCl)c(C(F)(F)F)c1. The van der Waals surface area contributed by atoms with Crippen LogP contribution in [0.5, 0.6) is 0 Å². The van der Waals surface area contributed by atoms with Crippen LogP contribution >= 0.6 is 11.6 Å². The molecular weight excluding hydrogens is 297 g/mol. The summed E-state index contributed by atoms with van der Waals surface area (Å²) in [7, 11) is 0. The number of alkyl halides is 4. The lowest BCUT2D eigenvalue weighted by molar-refractivity contribution is -0.137. The maximum Gasteiger partial charge on any atom is 0.417 e. The molecule has 0 N–H and O–H groups in total. The normalized spacial score (nSPS) is 11.2. The Labute approximate surface area is 118 Å². The molecule has 0 unspecified atom stereocenters. The minimum absolute atomic E-state index is 0.0487. The molecule has 0 bridgehead atoms. The number of esters is 1. The van der Waals surface area contributed by atoms with Crippen molar-refractivity contribution in [2.24, 2.45) is 0 Å². The first-order chi connectivity index (χ1) is 9.31. The van der Waals surface area contributed by atoms with Crippen LogP contribution < -0.4 is 0 Å². The molecule has 0 saturated heterocycles. The fourth-order valence-electron chi connectivity index (χ4n) is 1.58. The van der Waals surface area contributed by atoms with Crippen molar-refractivity contribution in [3.8, 4) is 0 Å². The molecule has 0 heterocycles. The number of rotatable bonds is 5. The molecule has 110 valence electrons. The smallest absolute Gasteiger partial charge is 0.417 e. The second-order valence-corrected chi connectivity index (χ2v) is 4.22. The van der Waals surface area contributed by atoms with Gasteiger partial charge in [-0.15, -0.1) is 11.6 Å². The van der Waals surface area contributed by atoms with Crippen molar-refractivity contribution in [3.63, 3.8) is 0 Å². The van der Waals surface area contributed by atoms with E-state index in [-0.39, 0.29) is 24.5 Å². The number of Topliss-reactive ketones (excluding diaryl/α,β-unsaturated/α-hetero) is 1. The van der Waals surface area contributed by atoms with Crippen LogP contribution in [0, 0.1) is 0 Å². The summed E-state index contributed by atoms with van der Waals surface area (Å²) < 4.78 is 43.5. The molecule has 0 aromatic heterocycles. The molecule has 0 amide bonds. The summed E-state index contributed by atoms with van der Waals surface area (Å²) in [6.07, 6.45) is -4.94. The van der Waals surface area contributed by atoms with Crippen molar-refractivity contribution in [3.05, 3.63) is 34.9 Å². The van der Waals surface area contributed by atoms with E-state index in [1.165, 1.54) is 0 Å². The van der Waals surface area contributed by atoms with Gasteiger partial charge in [-0.25, -0.2) is 4.79 Å². The summed E-state index contributed by atoms with van der Waals surface area (Å²) >= 11 is 5.36. The van der Waals surface area contributed by atoms with Crippen LogP contribution in [-0.2, 0) is 10.9 Å². The third kappa shape index (κ3) is 3.96. The largest absolute Gasteiger partial charge is 0.462 e. The first kappa shape index (κ1) is 16.5. The van der Waals surface area contributed by atoms with E-state index >= 15 is 0 Å². The van der Waals surface area contributed by atoms with Crippen molar-refractivity contribution in [1.29, 1.82) is 0 Å². The number of ether oxygens (including phenoxy) is 1. The third-order valence-electron chi connectivity index (χ3n) is 2.46. The summed E-state index contributed by atoms with van der Waals surface area (Å²) in [6, 6.07) is 2.73. The predicted octanol–water partition coefficient (Wildman–Crippen LogP) is 3.69. The number of ketones is 1. The third-order valence-corrected chi connectivity index (χ3v) is 2.65. The lowest BCUT2D eigenvalue weighted by atomic mass is 9.99. The maximum atomic E-state index is 12.9. The van der Waals surface area contributed by atoms with Gasteiger partial charge in [-0.05, 0) is 25.1 Å². The second-order valence-electron chi connectivity index (χ2n) is 3.84. The Balaban J connectivity index is 3.27. The van der Waals surface area contributed by atoms with Crippen LogP contribution in [-0.4, -0.2) is 24.2 Å². The molecule has 20 heavy (non-hydrogen) atoms. The summed E-state index contributed by atoms with van der Waals surface area (Å²) in [5.41, 5.74) is -1.90. The average molecular weight is 309 g/mol. The summed E-state index contributed by atoms with van der Waals surface area (Å²) in [5.74, 6) is -1.66. The molecule has 0 radical (unpaired) electrons. The summed E-state index contributed by atoms with van der Waals surface area (Å²) in [6.45, 7) is 1.59. The van der Waals surface area contributed by atoms with Gasteiger partial charge in [-0.1, -0.05) is 0 Å². The Morgan fingerprint density at radius 1 is 1.30 bits per heavy atom. The van der Waals surface area contributed by atoms with Gasteiger partial charge in [0.1, 0.15) is 0 Å². The topological polar surface area (TPSA) is 43.4 Å². The standard InChI is InChI=1S/C13H12ClF3O3/c1-2-20-12(19)8-3-4-9(11(18)5-6-14)10(7-8)13(15,16)17/h3-4,7H,2,5-6H2,1H3. The van der Waals surface area contributed by atoms with Gasteiger partial charge in [-0.2, -0.15) is 13.2 Å². The zero-order chi connectivity index (χ0) is 15.3. The van der Waals surface area contributed by atoms with Gasteiger partial charge in [0, 0.05) is 17.9 Å². The summed E-state index contributed by atoms with van der Waals surface area (Å²) in [5, 5.41) is 0. The molecule has 0 aliphatic rings. The zero-order valence-corrected chi connectivity index (χ0v) is 11.3. The number of hydrogen-bond acceptors (Lipinski definition) is 3. The minimum atomic E-state index is -4.74. The van der Waals surface area contributed by atoms with Gasteiger partial charge in [0.2, 0.25) is 0 Å². The Kier molecular flexibility index (Phi) is 5.56. The first-order valence-electron chi connectivity index (χ1n) is 5.78.